The number of hydrogen-bond acceptors (Lipinski definition) is 6. The van der Waals surface area contributed by atoms with Gasteiger partial charge in [-0.3, -0.25) is 9.59 Å². The van der Waals surface area contributed by atoms with Crippen molar-refractivity contribution in [2.45, 2.75) is 37.9 Å². The molecule has 0 aliphatic heterocycles. The van der Waals surface area contributed by atoms with E-state index in [4.69, 9.17) is 4.74 Å². The van der Waals surface area contributed by atoms with Gasteiger partial charge in [-0.25, -0.2) is 12.4 Å². The number of aryl methyl sites for hydroxylation is 1. The average Bonchev–Trinajstić information content (AvgIpc) is 3.67. The molecule has 6 rings (SSSR count). The summed E-state index contributed by atoms with van der Waals surface area (Å²) in [7, 11) is -1.29. The second kappa shape index (κ2) is 11.4. The Labute approximate surface area is 267 Å². The lowest BCUT2D eigenvalue weighted by molar-refractivity contribution is -0.212. The van der Waals surface area contributed by atoms with Crippen molar-refractivity contribution in [1.82, 2.24) is 23.3 Å². The van der Waals surface area contributed by atoms with Crippen molar-refractivity contribution in [1.29, 1.82) is 0 Å². The molecule has 10 nitrogen and oxygen atoms in total. The number of alkyl halides is 3. The molecular weight excluding hydrogens is 635 g/mol. The quantitative estimate of drug-likeness (QED) is 0.243. The summed E-state index contributed by atoms with van der Waals surface area (Å²) < 4.78 is 75.4. The Morgan fingerprint density at radius 3 is 2.51 bits per heavy atom. The highest BCUT2D eigenvalue weighted by atomic mass is 32.2. The minimum atomic E-state index is -4.83. The summed E-state index contributed by atoms with van der Waals surface area (Å²) in [5.74, 6) is 0. The van der Waals surface area contributed by atoms with Crippen LogP contribution in [0.3, 0.4) is 0 Å². The predicted octanol–water partition coefficient (Wildman–Crippen LogP) is 5.55. The average molecular weight is 666 g/mol. The first-order chi connectivity index (χ1) is 22.2. The molecule has 47 heavy (non-hydrogen) atoms. The predicted molar refractivity (Wildman–Crippen MR) is 172 cm³/mol. The number of fused-ring (bicyclic) bond motifs is 1. The van der Waals surface area contributed by atoms with Crippen molar-refractivity contribution in [3.63, 3.8) is 0 Å². The van der Waals surface area contributed by atoms with Gasteiger partial charge in [-0.15, -0.1) is 13.2 Å². The Morgan fingerprint density at radius 2 is 1.83 bits per heavy atom. The summed E-state index contributed by atoms with van der Waals surface area (Å²) in [6.07, 6.45) is 3.17. The molecule has 1 N–H and O–H groups in total. The Hall–Kier alpha value is -4.95. The van der Waals surface area contributed by atoms with Gasteiger partial charge < -0.3 is 14.3 Å². The number of hydrogen-bond donors (Lipinski definition) is 1. The number of halogens is 3. The van der Waals surface area contributed by atoms with Crippen molar-refractivity contribution >= 4 is 26.5 Å². The van der Waals surface area contributed by atoms with Gasteiger partial charge in [-0.05, 0) is 66.3 Å². The molecule has 244 valence electrons. The first-order valence-corrected chi connectivity index (χ1v) is 15.9. The maximum atomic E-state index is 14.7. The molecule has 0 saturated heterocycles. The third-order valence-electron chi connectivity index (χ3n) is 8.63. The third kappa shape index (κ3) is 5.36. The van der Waals surface area contributed by atoms with E-state index in [2.05, 4.69) is 10.1 Å². The van der Waals surface area contributed by atoms with Crippen LogP contribution in [-0.2, 0) is 34.7 Å². The van der Waals surface area contributed by atoms with Crippen LogP contribution in [0.4, 0.5) is 13.2 Å². The summed E-state index contributed by atoms with van der Waals surface area (Å²) in [6, 6.07) is 12.0. The number of nitrogens with one attached hydrogen (secondary N) is 1. The van der Waals surface area contributed by atoms with Crippen LogP contribution in [0.1, 0.15) is 31.4 Å². The number of allylic oxidation sites excluding steroid dienone is 3. The van der Waals surface area contributed by atoms with E-state index in [9.17, 15) is 31.2 Å². The third-order valence-corrected chi connectivity index (χ3v) is 11.1. The molecule has 1 aliphatic rings. The van der Waals surface area contributed by atoms with Crippen LogP contribution in [0.5, 0.6) is 0 Å². The van der Waals surface area contributed by atoms with Crippen molar-refractivity contribution in [2.75, 3.05) is 7.11 Å². The molecular formula is C33H30F3N5O5S. The topological polar surface area (TPSA) is 121 Å². The molecule has 4 aromatic heterocycles. The van der Waals surface area contributed by atoms with Crippen molar-refractivity contribution < 1.29 is 26.3 Å². The first-order valence-electron chi connectivity index (χ1n) is 14.4. The van der Waals surface area contributed by atoms with Gasteiger partial charge in [0.2, 0.25) is 10.0 Å². The Balaban J connectivity index is 1.49. The van der Waals surface area contributed by atoms with E-state index < -0.39 is 26.6 Å². The Morgan fingerprint density at radius 1 is 1.06 bits per heavy atom. The number of benzene rings is 1. The fraction of sp³-hybridized carbons (Fsp3) is 0.242. The smallest absolute Gasteiger partial charge is 0.380 e. The second-order valence-electron chi connectivity index (χ2n) is 11.7. The van der Waals surface area contributed by atoms with Crippen LogP contribution in [0, 0.1) is 0 Å². The summed E-state index contributed by atoms with van der Waals surface area (Å²) in [4.78, 5) is 28.4. The zero-order valence-corrected chi connectivity index (χ0v) is 26.6. The van der Waals surface area contributed by atoms with E-state index in [0.29, 0.717) is 29.5 Å². The maximum Gasteiger partial charge on any atom is 0.504 e. The van der Waals surface area contributed by atoms with Crippen molar-refractivity contribution in [3.05, 3.63) is 117 Å². The van der Waals surface area contributed by atoms with Crippen LogP contribution in [0.25, 0.3) is 38.9 Å². The number of aromatic nitrogens is 5. The number of rotatable bonds is 7. The first kappa shape index (κ1) is 32.0. The fourth-order valence-corrected chi connectivity index (χ4v) is 7.89. The zero-order chi connectivity index (χ0) is 33.9. The molecule has 0 saturated carbocycles. The lowest BCUT2D eigenvalue weighted by Crippen LogP contribution is -2.42. The lowest BCUT2D eigenvalue weighted by atomic mass is 9.85. The Bertz CT molecular complexity index is 2340. The van der Waals surface area contributed by atoms with E-state index in [-0.39, 0.29) is 38.8 Å². The van der Waals surface area contributed by atoms with Gasteiger partial charge >= 0.3 is 6.30 Å². The second-order valence-corrected chi connectivity index (χ2v) is 13.9. The lowest BCUT2D eigenvalue weighted by Gasteiger charge is -2.34. The standard InChI is InChI=1S/C33H30F3N5O5S/c1-20-12-23(26-15-29(42)39(3)18-27(26)22-7-5-6-21(13-22)19-46-4)8-10-32(20,2)47(44,45)41-28(14-24-9-11-37-31(43)30(24)41)25-16-38-40(17-25)33(34,35)36/h5-9,11-18H,10,19H2,1-4H3,(H,37,43). The molecule has 0 fully saturated rings. The van der Waals surface area contributed by atoms with Crippen molar-refractivity contribution in [3.8, 4) is 22.4 Å². The molecule has 0 spiro atoms. The minimum absolute atomic E-state index is 0.0585. The molecule has 5 aromatic rings. The van der Waals surface area contributed by atoms with E-state index in [1.54, 1.807) is 39.4 Å². The van der Waals surface area contributed by atoms with Gasteiger partial charge in [0, 0.05) is 55.3 Å². The zero-order valence-electron chi connectivity index (χ0n) is 25.8. The summed E-state index contributed by atoms with van der Waals surface area (Å²) in [5.41, 5.74) is 2.66. The highest BCUT2D eigenvalue weighted by molar-refractivity contribution is 7.91. The fourth-order valence-electron chi connectivity index (χ4n) is 5.88. The van der Waals surface area contributed by atoms with Crippen LogP contribution in [0.15, 0.2) is 94.6 Å². The van der Waals surface area contributed by atoms with E-state index in [1.807, 2.05) is 24.3 Å². The molecule has 14 heteroatoms. The normalized spacial score (nSPS) is 17.2. The molecule has 0 amide bonds. The number of pyridine rings is 2. The van der Waals surface area contributed by atoms with Gasteiger partial charge in [0.1, 0.15) is 10.3 Å². The molecule has 1 unspecified atom stereocenters. The number of ether oxygens (including phenoxy) is 1. The minimum Gasteiger partial charge on any atom is -0.380 e. The molecule has 1 aromatic carbocycles. The van der Waals surface area contributed by atoms with Gasteiger partial charge in [0.15, 0.2) is 0 Å². The highest BCUT2D eigenvalue weighted by Gasteiger charge is 2.45. The van der Waals surface area contributed by atoms with E-state index in [1.165, 1.54) is 35.9 Å². The SMILES string of the molecule is COCc1cccc(-c2cn(C)c(=O)cc2C2=CCC(C)(S(=O)(=O)n3c(-c4cnn(C(F)(F)F)c4)cc4cc[nH]c(=O)c43)C(C)=C2)c1. The number of methoxy groups -OCH3 is 1. The largest absolute Gasteiger partial charge is 0.504 e. The molecule has 0 bridgehead atoms. The summed E-state index contributed by atoms with van der Waals surface area (Å²) in [6.45, 7) is 3.54. The van der Waals surface area contributed by atoms with Crippen molar-refractivity contribution in [2.24, 2.45) is 7.05 Å². The Kier molecular flexibility index (Phi) is 7.75. The molecule has 1 atom stereocenters. The van der Waals surface area contributed by atoms with Gasteiger partial charge in [0.25, 0.3) is 11.1 Å². The van der Waals surface area contributed by atoms with Crippen LogP contribution >= 0.6 is 0 Å². The monoisotopic (exact) mass is 665 g/mol. The maximum absolute atomic E-state index is 14.7. The van der Waals surface area contributed by atoms with Gasteiger partial charge in [-0.2, -0.15) is 9.78 Å². The molecule has 0 radical (unpaired) electrons. The van der Waals surface area contributed by atoms with Crippen LogP contribution in [-0.4, -0.2) is 43.6 Å². The number of aromatic amines is 1. The summed E-state index contributed by atoms with van der Waals surface area (Å²) >= 11 is 0. The number of nitrogens with zero attached hydrogens (tertiary/aromatic N) is 4. The van der Waals surface area contributed by atoms with Crippen LogP contribution < -0.4 is 11.1 Å². The van der Waals surface area contributed by atoms with E-state index in [0.717, 1.165) is 26.9 Å². The molecule has 4 heterocycles. The van der Waals surface area contributed by atoms with Gasteiger partial charge in [0.05, 0.1) is 18.5 Å². The summed E-state index contributed by atoms with van der Waals surface area (Å²) in [5, 5.41) is 3.60. The van der Waals surface area contributed by atoms with E-state index >= 15 is 0 Å². The number of H-pyrrole nitrogens is 1. The highest BCUT2D eigenvalue weighted by Crippen LogP contribution is 2.43. The van der Waals surface area contributed by atoms with Gasteiger partial charge in [-0.1, -0.05) is 30.4 Å². The van der Waals surface area contributed by atoms with Crippen LogP contribution in [0.2, 0.25) is 0 Å². The molecule has 1 aliphatic carbocycles.